The predicted octanol–water partition coefficient (Wildman–Crippen LogP) is 13.3. The van der Waals surface area contributed by atoms with Crippen molar-refractivity contribution in [1.29, 1.82) is 0 Å². The van der Waals surface area contributed by atoms with Crippen LogP contribution in [0.3, 0.4) is 0 Å². The van der Waals surface area contributed by atoms with Gasteiger partial charge in [0, 0.05) is 6.42 Å². The highest BCUT2D eigenvalue weighted by Gasteiger charge is 2.27. The fourth-order valence-electron chi connectivity index (χ4n) is 6.63. The number of ether oxygens (including phenoxy) is 1. The zero-order chi connectivity index (χ0) is 32.5. The van der Waals surface area contributed by atoms with Crippen LogP contribution in [0.5, 0.6) is 0 Å². The van der Waals surface area contributed by atoms with Gasteiger partial charge in [0.05, 0.1) is 0 Å². The number of carbonyl (C=O) groups excluding carboxylic acids is 1. The van der Waals surface area contributed by atoms with Gasteiger partial charge in [0.25, 0.3) is 0 Å². The standard InChI is InChI=1S/C41H81NO2/c1-7-11-15-18-20-22-24-27-33-39(34-28-25-23-21-19-16-12-8-2)40(44-41(43)35-29-30-36-42(5)6)37-38(31-14-10-4)32-26-17-13-9-3/h20,22,38-40H,7-19,21,23-37H2,1-6H3. The van der Waals surface area contributed by atoms with E-state index < -0.39 is 0 Å². The molecule has 0 rings (SSSR count). The second-order valence-electron chi connectivity index (χ2n) is 14.3. The van der Waals surface area contributed by atoms with Crippen LogP contribution in [0.15, 0.2) is 12.2 Å². The summed E-state index contributed by atoms with van der Waals surface area (Å²) in [6.45, 7) is 10.2. The van der Waals surface area contributed by atoms with Crippen molar-refractivity contribution in [3.05, 3.63) is 12.2 Å². The van der Waals surface area contributed by atoms with Crippen LogP contribution in [0.4, 0.5) is 0 Å². The first kappa shape index (κ1) is 43.2. The minimum absolute atomic E-state index is 0.0609. The van der Waals surface area contributed by atoms with Gasteiger partial charge in [-0.15, -0.1) is 0 Å². The lowest BCUT2D eigenvalue weighted by Crippen LogP contribution is -2.30. The number of rotatable bonds is 34. The predicted molar refractivity (Wildman–Crippen MR) is 197 cm³/mol. The number of hydrogen-bond donors (Lipinski definition) is 0. The van der Waals surface area contributed by atoms with Crippen molar-refractivity contribution in [2.24, 2.45) is 11.8 Å². The number of hydrogen-bond acceptors (Lipinski definition) is 3. The van der Waals surface area contributed by atoms with Gasteiger partial charge in [0.15, 0.2) is 0 Å². The number of esters is 1. The molecule has 0 aromatic heterocycles. The third kappa shape index (κ3) is 28.6. The number of unbranched alkanes of at least 4 members (excludes halogenated alkanes) is 16. The van der Waals surface area contributed by atoms with Crippen molar-refractivity contribution >= 4 is 5.97 Å². The van der Waals surface area contributed by atoms with E-state index in [1.807, 2.05) is 0 Å². The first-order valence-electron chi connectivity index (χ1n) is 20.0. The number of allylic oxidation sites excluding steroid dienone is 2. The maximum atomic E-state index is 13.3. The molecule has 0 N–H and O–H groups in total. The summed E-state index contributed by atoms with van der Waals surface area (Å²) in [6, 6.07) is 0. The van der Waals surface area contributed by atoms with Crippen LogP contribution in [0.1, 0.15) is 207 Å². The van der Waals surface area contributed by atoms with Gasteiger partial charge in [-0.25, -0.2) is 0 Å². The Bertz CT molecular complexity index is 616. The van der Waals surface area contributed by atoms with Gasteiger partial charge in [-0.3, -0.25) is 4.79 Å². The lowest BCUT2D eigenvalue weighted by atomic mass is 9.82. The Balaban J connectivity index is 5.47. The Kier molecular flexibility index (Phi) is 32.9. The topological polar surface area (TPSA) is 29.5 Å². The Labute approximate surface area is 278 Å². The van der Waals surface area contributed by atoms with Gasteiger partial charge < -0.3 is 9.64 Å². The summed E-state index contributed by atoms with van der Waals surface area (Å²) in [5.41, 5.74) is 0. The summed E-state index contributed by atoms with van der Waals surface area (Å²) >= 11 is 0. The van der Waals surface area contributed by atoms with Gasteiger partial charge in [-0.05, 0) is 90.3 Å². The third-order valence-electron chi connectivity index (χ3n) is 9.56. The van der Waals surface area contributed by atoms with Crippen LogP contribution in [0, 0.1) is 11.8 Å². The molecule has 0 bridgehead atoms. The van der Waals surface area contributed by atoms with E-state index >= 15 is 0 Å². The molecular formula is C41H81NO2. The molecule has 0 aromatic carbocycles. The molecule has 0 aliphatic carbocycles. The van der Waals surface area contributed by atoms with Crippen molar-refractivity contribution in [2.75, 3.05) is 20.6 Å². The van der Waals surface area contributed by atoms with Gasteiger partial charge in [0.1, 0.15) is 6.10 Å². The van der Waals surface area contributed by atoms with E-state index in [4.69, 9.17) is 4.74 Å². The monoisotopic (exact) mass is 620 g/mol. The minimum atomic E-state index is 0.0609. The van der Waals surface area contributed by atoms with Gasteiger partial charge >= 0.3 is 5.97 Å². The van der Waals surface area contributed by atoms with Crippen molar-refractivity contribution < 1.29 is 9.53 Å². The van der Waals surface area contributed by atoms with E-state index in [9.17, 15) is 4.79 Å². The van der Waals surface area contributed by atoms with E-state index in [0.717, 1.165) is 25.8 Å². The van der Waals surface area contributed by atoms with Crippen LogP contribution >= 0.6 is 0 Å². The highest BCUT2D eigenvalue weighted by atomic mass is 16.5. The second-order valence-corrected chi connectivity index (χ2v) is 14.3. The quantitative estimate of drug-likeness (QED) is 0.0408. The lowest BCUT2D eigenvalue weighted by molar-refractivity contribution is -0.153. The normalized spacial score (nSPS) is 14.0. The maximum Gasteiger partial charge on any atom is 0.306 e. The molecule has 0 amide bonds. The highest BCUT2D eigenvalue weighted by molar-refractivity contribution is 5.69. The fraction of sp³-hybridized carbons (Fsp3) is 0.927. The Morgan fingerprint density at radius 2 is 1.07 bits per heavy atom. The first-order valence-corrected chi connectivity index (χ1v) is 20.0. The van der Waals surface area contributed by atoms with Crippen LogP contribution in [0.25, 0.3) is 0 Å². The molecule has 3 unspecified atom stereocenters. The molecule has 0 aliphatic heterocycles. The average molecular weight is 620 g/mol. The van der Waals surface area contributed by atoms with Crippen molar-refractivity contribution in [3.63, 3.8) is 0 Å². The SMILES string of the molecule is CCCCCC=CCCCC(CCCCCCCCCC)C(CC(CCCC)CCCCCC)OC(=O)CCCCN(C)C. The molecule has 0 heterocycles. The molecule has 0 aromatic rings. The molecular weight excluding hydrogens is 538 g/mol. The summed E-state index contributed by atoms with van der Waals surface area (Å²) < 4.78 is 6.53. The Hall–Kier alpha value is -0.830. The van der Waals surface area contributed by atoms with E-state index in [-0.39, 0.29) is 12.1 Å². The molecule has 0 aliphatic rings. The van der Waals surface area contributed by atoms with E-state index in [2.05, 4.69) is 58.8 Å². The van der Waals surface area contributed by atoms with Gasteiger partial charge in [-0.2, -0.15) is 0 Å². The number of carbonyl (C=O) groups is 1. The third-order valence-corrected chi connectivity index (χ3v) is 9.56. The average Bonchev–Trinajstić information content (AvgIpc) is 3.01. The summed E-state index contributed by atoms with van der Waals surface area (Å²) in [5.74, 6) is 1.26. The van der Waals surface area contributed by atoms with Gasteiger partial charge in [-0.1, -0.05) is 155 Å². The van der Waals surface area contributed by atoms with E-state index in [1.54, 1.807) is 0 Å². The lowest BCUT2D eigenvalue weighted by Gasteiger charge is -2.31. The summed E-state index contributed by atoms with van der Waals surface area (Å²) in [5, 5.41) is 0. The molecule has 3 heteroatoms. The smallest absolute Gasteiger partial charge is 0.306 e. The molecule has 0 saturated heterocycles. The minimum Gasteiger partial charge on any atom is -0.462 e. The van der Waals surface area contributed by atoms with E-state index in [1.165, 1.54) is 154 Å². The van der Waals surface area contributed by atoms with Crippen LogP contribution < -0.4 is 0 Å². The number of nitrogens with zero attached hydrogens (tertiary/aromatic N) is 1. The summed E-state index contributed by atoms with van der Waals surface area (Å²) in [6.07, 6.45) is 39.9. The molecule has 3 nitrogen and oxygen atoms in total. The maximum absolute atomic E-state index is 13.3. The zero-order valence-corrected chi connectivity index (χ0v) is 31.2. The molecule has 0 spiro atoms. The summed E-state index contributed by atoms with van der Waals surface area (Å²) in [4.78, 5) is 15.5. The van der Waals surface area contributed by atoms with Crippen LogP contribution in [0.2, 0.25) is 0 Å². The highest BCUT2D eigenvalue weighted by Crippen LogP contribution is 2.32. The Morgan fingerprint density at radius 3 is 1.70 bits per heavy atom. The fourth-order valence-corrected chi connectivity index (χ4v) is 6.63. The molecule has 0 radical (unpaired) electrons. The van der Waals surface area contributed by atoms with E-state index in [0.29, 0.717) is 18.3 Å². The molecule has 0 fully saturated rings. The van der Waals surface area contributed by atoms with Gasteiger partial charge in [0.2, 0.25) is 0 Å². The molecule has 0 saturated carbocycles. The molecule has 262 valence electrons. The van der Waals surface area contributed by atoms with Crippen molar-refractivity contribution in [1.82, 2.24) is 4.90 Å². The second kappa shape index (κ2) is 33.5. The Morgan fingerprint density at radius 1 is 0.568 bits per heavy atom. The van der Waals surface area contributed by atoms with Crippen LogP contribution in [-0.2, 0) is 9.53 Å². The zero-order valence-electron chi connectivity index (χ0n) is 31.2. The van der Waals surface area contributed by atoms with Crippen LogP contribution in [-0.4, -0.2) is 37.6 Å². The summed E-state index contributed by atoms with van der Waals surface area (Å²) in [7, 11) is 4.23. The van der Waals surface area contributed by atoms with Crippen molar-refractivity contribution in [3.8, 4) is 0 Å². The first-order chi connectivity index (χ1) is 21.5. The molecule has 3 atom stereocenters. The molecule has 44 heavy (non-hydrogen) atoms. The largest absolute Gasteiger partial charge is 0.462 e. The van der Waals surface area contributed by atoms with Crippen molar-refractivity contribution in [2.45, 2.75) is 214 Å².